The lowest BCUT2D eigenvalue weighted by molar-refractivity contribution is 0.317. The molecule has 0 aliphatic rings. The van der Waals surface area contributed by atoms with Crippen LogP contribution in [0, 0.1) is 0 Å². The van der Waals surface area contributed by atoms with Crippen LogP contribution < -0.4 is 0 Å². The van der Waals surface area contributed by atoms with Crippen LogP contribution in [0.3, 0.4) is 0 Å². The first-order chi connectivity index (χ1) is 10.9. The van der Waals surface area contributed by atoms with E-state index in [4.69, 9.17) is 5.21 Å². The highest BCUT2D eigenvalue weighted by molar-refractivity contribution is 5.98. The Balaban J connectivity index is 1.97. The van der Waals surface area contributed by atoms with Crippen LogP contribution in [0.1, 0.15) is 89.7 Å². The van der Waals surface area contributed by atoms with E-state index in [2.05, 4.69) is 17.1 Å². The van der Waals surface area contributed by atoms with Crippen molar-refractivity contribution >= 4 is 5.71 Å². The molecule has 0 radical (unpaired) electrons. The van der Waals surface area contributed by atoms with Gasteiger partial charge in [0.25, 0.3) is 0 Å². The number of pyridine rings is 1. The normalized spacial score (nSPS) is 11.8. The second kappa shape index (κ2) is 13.3. The van der Waals surface area contributed by atoms with Crippen LogP contribution in [-0.2, 0) is 0 Å². The SMILES string of the molecule is CCCCCCCCCCCCC/C(=N/O)c1ccccn1. The van der Waals surface area contributed by atoms with E-state index >= 15 is 0 Å². The van der Waals surface area contributed by atoms with Crippen LogP contribution in [-0.4, -0.2) is 15.9 Å². The van der Waals surface area contributed by atoms with Gasteiger partial charge < -0.3 is 5.21 Å². The quantitative estimate of drug-likeness (QED) is 0.211. The van der Waals surface area contributed by atoms with Gasteiger partial charge in [-0.3, -0.25) is 4.98 Å². The van der Waals surface area contributed by atoms with Crippen LogP contribution in [0.25, 0.3) is 0 Å². The summed E-state index contributed by atoms with van der Waals surface area (Å²) in [6, 6.07) is 5.70. The Morgan fingerprint density at radius 2 is 1.50 bits per heavy atom. The minimum absolute atomic E-state index is 0.705. The second-order valence-corrected chi connectivity index (χ2v) is 6.05. The fourth-order valence-electron chi connectivity index (χ4n) is 2.72. The molecule has 0 aliphatic heterocycles. The number of aromatic nitrogens is 1. The Morgan fingerprint density at radius 3 is 2.00 bits per heavy atom. The van der Waals surface area contributed by atoms with E-state index in [0.29, 0.717) is 5.71 Å². The monoisotopic (exact) mass is 304 g/mol. The molecule has 3 nitrogen and oxygen atoms in total. The van der Waals surface area contributed by atoms with Gasteiger partial charge in [0.15, 0.2) is 0 Å². The predicted octanol–water partition coefficient (Wildman–Crippen LogP) is 5.96. The molecule has 0 aliphatic carbocycles. The zero-order valence-corrected chi connectivity index (χ0v) is 14.1. The van der Waals surface area contributed by atoms with E-state index in [1.165, 1.54) is 64.2 Å². The molecule has 0 bridgehead atoms. The molecule has 1 aromatic rings. The Kier molecular flexibility index (Phi) is 11.3. The third-order valence-corrected chi connectivity index (χ3v) is 4.10. The smallest absolute Gasteiger partial charge is 0.105 e. The highest BCUT2D eigenvalue weighted by atomic mass is 16.4. The zero-order valence-electron chi connectivity index (χ0n) is 14.1. The summed E-state index contributed by atoms with van der Waals surface area (Å²) in [5, 5.41) is 12.5. The van der Waals surface area contributed by atoms with Gasteiger partial charge in [-0.25, -0.2) is 0 Å². The van der Waals surface area contributed by atoms with Gasteiger partial charge in [-0.1, -0.05) is 82.4 Å². The molecular weight excluding hydrogens is 272 g/mol. The van der Waals surface area contributed by atoms with Crippen molar-refractivity contribution in [3.8, 4) is 0 Å². The average Bonchev–Trinajstić information content (AvgIpc) is 2.57. The van der Waals surface area contributed by atoms with Crippen LogP contribution in [0.4, 0.5) is 0 Å². The highest BCUT2D eigenvalue weighted by Crippen LogP contribution is 2.13. The average molecular weight is 304 g/mol. The van der Waals surface area contributed by atoms with Crippen molar-refractivity contribution in [1.82, 2.24) is 4.98 Å². The van der Waals surface area contributed by atoms with Gasteiger partial charge >= 0.3 is 0 Å². The van der Waals surface area contributed by atoms with E-state index in [-0.39, 0.29) is 0 Å². The maximum absolute atomic E-state index is 9.09. The number of hydrogen-bond donors (Lipinski definition) is 1. The zero-order chi connectivity index (χ0) is 15.9. The van der Waals surface area contributed by atoms with Crippen molar-refractivity contribution in [1.29, 1.82) is 0 Å². The summed E-state index contributed by atoms with van der Waals surface area (Å²) in [7, 11) is 0. The van der Waals surface area contributed by atoms with Gasteiger partial charge in [-0.2, -0.15) is 0 Å². The summed E-state index contributed by atoms with van der Waals surface area (Å²) in [4.78, 5) is 4.23. The van der Waals surface area contributed by atoms with E-state index < -0.39 is 0 Å². The lowest BCUT2D eigenvalue weighted by atomic mass is 10.0. The van der Waals surface area contributed by atoms with Crippen molar-refractivity contribution in [2.75, 3.05) is 0 Å². The third-order valence-electron chi connectivity index (χ3n) is 4.10. The molecule has 0 saturated carbocycles. The second-order valence-electron chi connectivity index (χ2n) is 6.05. The minimum atomic E-state index is 0.705. The summed E-state index contributed by atoms with van der Waals surface area (Å²) in [5.74, 6) is 0. The molecule has 0 fully saturated rings. The first-order valence-electron chi connectivity index (χ1n) is 9.00. The molecule has 0 amide bonds. The Labute approximate surface area is 135 Å². The van der Waals surface area contributed by atoms with Gasteiger partial charge in [0.2, 0.25) is 0 Å². The number of hydrogen-bond acceptors (Lipinski definition) is 3. The lowest BCUT2D eigenvalue weighted by Gasteiger charge is -2.04. The maximum atomic E-state index is 9.09. The van der Waals surface area contributed by atoms with Crippen LogP contribution in [0.5, 0.6) is 0 Å². The summed E-state index contributed by atoms with van der Waals surface area (Å²) < 4.78 is 0. The fourth-order valence-corrected chi connectivity index (χ4v) is 2.72. The molecule has 0 aromatic carbocycles. The van der Waals surface area contributed by atoms with Crippen molar-refractivity contribution in [2.24, 2.45) is 5.16 Å². The molecule has 0 atom stereocenters. The fraction of sp³-hybridized carbons (Fsp3) is 0.684. The van der Waals surface area contributed by atoms with Crippen LogP contribution in [0.15, 0.2) is 29.6 Å². The minimum Gasteiger partial charge on any atom is -0.411 e. The van der Waals surface area contributed by atoms with Crippen molar-refractivity contribution < 1.29 is 5.21 Å². The van der Waals surface area contributed by atoms with Crippen LogP contribution >= 0.6 is 0 Å². The number of oxime groups is 1. The topological polar surface area (TPSA) is 45.5 Å². The van der Waals surface area contributed by atoms with Gasteiger partial charge in [0.05, 0.1) is 5.69 Å². The Bertz CT molecular complexity index is 390. The highest BCUT2D eigenvalue weighted by Gasteiger charge is 2.04. The van der Waals surface area contributed by atoms with Crippen molar-refractivity contribution in [3.05, 3.63) is 30.1 Å². The number of rotatable bonds is 13. The lowest BCUT2D eigenvalue weighted by Crippen LogP contribution is -2.03. The standard InChI is InChI=1S/C19H32N2O/c1-2-3-4-5-6-7-8-9-10-11-12-16-19(21-22)18-15-13-14-17-20-18/h13-15,17,22H,2-12,16H2,1H3/b21-19-. The summed E-state index contributed by atoms with van der Waals surface area (Å²) >= 11 is 0. The molecule has 1 heterocycles. The number of nitrogens with zero attached hydrogens (tertiary/aromatic N) is 2. The molecule has 0 unspecified atom stereocenters. The summed E-state index contributed by atoms with van der Waals surface area (Å²) in [6.45, 7) is 2.26. The molecule has 1 aromatic heterocycles. The number of unbranched alkanes of at least 4 members (excludes halogenated alkanes) is 10. The van der Waals surface area contributed by atoms with E-state index in [9.17, 15) is 0 Å². The van der Waals surface area contributed by atoms with Gasteiger partial charge in [-0.15, -0.1) is 0 Å². The summed E-state index contributed by atoms with van der Waals surface area (Å²) in [6.07, 6.45) is 17.2. The van der Waals surface area contributed by atoms with Gasteiger partial charge in [0.1, 0.15) is 5.71 Å². The predicted molar refractivity (Wildman–Crippen MR) is 93.6 cm³/mol. The molecule has 0 saturated heterocycles. The molecular formula is C19H32N2O. The van der Waals surface area contributed by atoms with E-state index in [0.717, 1.165) is 18.5 Å². The van der Waals surface area contributed by atoms with Crippen molar-refractivity contribution in [3.63, 3.8) is 0 Å². The molecule has 22 heavy (non-hydrogen) atoms. The van der Waals surface area contributed by atoms with E-state index in [1.54, 1.807) is 6.20 Å². The first-order valence-corrected chi connectivity index (χ1v) is 9.00. The van der Waals surface area contributed by atoms with Crippen molar-refractivity contribution in [2.45, 2.75) is 84.0 Å². The largest absolute Gasteiger partial charge is 0.411 e. The Morgan fingerprint density at radius 1 is 0.909 bits per heavy atom. The van der Waals surface area contributed by atoms with E-state index in [1.807, 2.05) is 18.2 Å². The molecule has 124 valence electrons. The van der Waals surface area contributed by atoms with Gasteiger partial charge in [0, 0.05) is 6.20 Å². The Hall–Kier alpha value is -1.38. The van der Waals surface area contributed by atoms with Gasteiger partial charge in [-0.05, 0) is 25.0 Å². The third kappa shape index (κ3) is 8.81. The molecule has 1 rings (SSSR count). The first kappa shape index (κ1) is 18.7. The maximum Gasteiger partial charge on any atom is 0.105 e. The molecule has 3 heteroatoms. The van der Waals surface area contributed by atoms with Crippen LogP contribution in [0.2, 0.25) is 0 Å². The summed E-state index contributed by atoms with van der Waals surface area (Å²) in [5.41, 5.74) is 1.49. The molecule has 0 spiro atoms. The molecule has 1 N–H and O–H groups in total.